The molecule has 2 N–H and O–H groups in total. The standard InChI is InChI=1S/C24H28N2O2/c1-3-26(4-2)17-22-12-8-7-11-21(22)16-25-24(27)18-28-23-14-13-19-9-5-6-10-20(19)15-23/h5-15H,3-4,16-18H2,1-2H3,(H,25,27)/p+1. The van der Waals surface area contributed by atoms with E-state index in [0.717, 1.165) is 30.4 Å². The Balaban J connectivity index is 1.54. The minimum atomic E-state index is -0.113. The Labute approximate surface area is 167 Å². The number of fused-ring (bicyclic) bond motifs is 1. The molecular formula is C24H29N2O2+. The number of hydrogen-bond donors (Lipinski definition) is 2. The Morgan fingerprint density at radius 3 is 2.32 bits per heavy atom. The molecule has 0 bridgehead atoms. The molecule has 0 fully saturated rings. The smallest absolute Gasteiger partial charge is 0.258 e. The molecule has 3 rings (SSSR count). The lowest BCUT2D eigenvalue weighted by molar-refractivity contribution is -0.910. The monoisotopic (exact) mass is 377 g/mol. The van der Waals surface area contributed by atoms with Gasteiger partial charge in [-0.2, -0.15) is 0 Å². The molecule has 3 aromatic carbocycles. The van der Waals surface area contributed by atoms with Gasteiger partial charge in [0.05, 0.1) is 13.1 Å². The Morgan fingerprint density at radius 2 is 1.57 bits per heavy atom. The molecule has 0 aromatic heterocycles. The first-order valence-electron chi connectivity index (χ1n) is 9.98. The lowest BCUT2D eigenvalue weighted by Gasteiger charge is -2.18. The van der Waals surface area contributed by atoms with Crippen molar-refractivity contribution in [1.29, 1.82) is 0 Å². The third-order valence-electron chi connectivity index (χ3n) is 5.13. The van der Waals surface area contributed by atoms with Crippen LogP contribution in [0.4, 0.5) is 0 Å². The summed E-state index contributed by atoms with van der Waals surface area (Å²) in [5.41, 5.74) is 2.46. The van der Waals surface area contributed by atoms with Crippen molar-refractivity contribution < 1.29 is 14.4 Å². The molecule has 0 saturated carbocycles. The third-order valence-corrected chi connectivity index (χ3v) is 5.13. The van der Waals surface area contributed by atoms with Gasteiger partial charge in [-0.1, -0.05) is 54.6 Å². The number of amides is 1. The van der Waals surface area contributed by atoms with E-state index in [0.29, 0.717) is 12.3 Å². The first-order valence-corrected chi connectivity index (χ1v) is 9.98. The zero-order chi connectivity index (χ0) is 19.8. The van der Waals surface area contributed by atoms with Gasteiger partial charge >= 0.3 is 0 Å². The maximum atomic E-state index is 12.3. The molecule has 1 amide bonds. The molecule has 0 atom stereocenters. The molecule has 4 heteroatoms. The summed E-state index contributed by atoms with van der Waals surface area (Å²) in [6.45, 7) is 8.11. The number of ether oxygens (including phenoxy) is 1. The van der Waals surface area contributed by atoms with Crippen molar-refractivity contribution in [2.24, 2.45) is 0 Å². The highest BCUT2D eigenvalue weighted by atomic mass is 16.5. The van der Waals surface area contributed by atoms with E-state index >= 15 is 0 Å². The molecule has 0 spiro atoms. The second-order valence-electron chi connectivity index (χ2n) is 6.98. The van der Waals surface area contributed by atoms with Crippen molar-refractivity contribution in [1.82, 2.24) is 5.32 Å². The van der Waals surface area contributed by atoms with Crippen molar-refractivity contribution in [3.8, 4) is 5.75 Å². The van der Waals surface area contributed by atoms with Gasteiger partial charge in [0.15, 0.2) is 6.61 Å². The van der Waals surface area contributed by atoms with Gasteiger partial charge in [0.25, 0.3) is 5.91 Å². The molecule has 0 saturated heterocycles. The lowest BCUT2D eigenvalue weighted by Crippen LogP contribution is -3.10. The molecule has 0 aliphatic rings. The molecule has 4 nitrogen and oxygen atoms in total. The van der Waals surface area contributed by atoms with E-state index in [4.69, 9.17) is 4.74 Å². The molecule has 3 aromatic rings. The zero-order valence-electron chi connectivity index (χ0n) is 16.7. The molecule has 0 aliphatic carbocycles. The van der Waals surface area contributed by atoms with E-state index in [1.807, 2.05) is 42.5 Å². The second kappa shape index (κ2) is 9.90. The number of carbonyl (C=O) groups excluding carboxylic acids is 1. The zero-order valence-corrected chi connectivity index (χ0v) is 16.7. The summed E-state index contributed by atoms with van der Waals surface area (Å²) >= 11 is 0. The van der Waals surface area contributed by atoms with Gasteiger partial charge in [-0.05, 0) is 42.3 Å². The summed E-state index contributed by atoms with van der Waals surface area (Å²) in [5.74, 6) is 0.595. The summed E-state index contributed by atoms with van der Waals surface area (Å²) in [4.78, 5) is 13.8. The number of carbonyl (C=O) groups is 1. The van der Waals surface area contributed by atoms with Gasteiger partial charge < -0.3 is 15.0 Å². The first kappa shape index (κ1) is 19.9. The van der Waals surface area contributed by atoms with Crippen LogP contribution in [0.25, 0.3) is 10.8 Å². The summed E-state index contributed by atoms with van der Waals surface area (Å²) in [6, 6.07) is 22.3. The van der Waals surface area contributed by atoms with E-state index < -0.39 is 0 Å². The van der Waals surface area contributed by atoms with Crippen LogP contribution in [0.2, 0.25) is 0 Å². The number of nitrogens with one attached hydrogen (secondary N) is 2. The lowest BCUT2D eigenvalue weighted by atomic mass is 10.1. The molecule has 0 heterocycles. The maximum Gasteiger partial charge on any atom is 0.258 e. The largest absolute Gasteiger partial charge is 0.484 e. The fraction of sp³-hybridized carbons (Fsp3) is 0.292. The maximum absolute atomic E-state index is 12.3. The van der Waals surface area contributed by atoms with E-state index in [9.17, 15) is 4.79 Å². The van der Waals surface area contributed by atoms with Crippen LogP contribution in [0.1, 0.15) is 25.0 Å². The number of quaternary nitrogens is 1. The SMILES string of the molecule is CC[NH+](CC)Cc1ccccc1CNC(=O)COc1ccc2ccccc2c1. The van der Waals surface area contributed by atoms with Crippen molar-refractivity contribution >= 4 is 16.7 Å². The quantitative estimate of drug-likeness (QED) is 0.602. The van der Waals surface area contributed by atoms with Crippen LogP contribution in [-0.2, 0) is 17.9 Å². The van der Waals surface area contributed by atoms with E-state index in [1.165, 1.54) is 16.0 Å². The Morgan fingerprint density at radius 1 is 0.893 bits per heavy atom. The summed E-state index contributed by atoms with van der Waals surface area (Å²) in [7, 11) is 0. The topological polar surface area (TPSA) is 42.8 Å². The van der Waals surface area contributed by atoms with Crippen LogP contribution >= 0.6 is 0 Å². The molecule has 0 radical (unpaired) electrons. The van der Waals surface area contributed by atoms with Gasteiger partial charge in [-0.3, -0.25) is 4.79 Å². The number of hydrogen-bond acceptors (Lipinski definition) is 2. The van der Waals surface area contributed by atoms with E-state index in [-0.39, 0.29) is 12.5 Å². The Bertz CT molecular complexity index is 919. The predicted molar refractivity (Wildman–Crippen MR) is 113 cm³/mol. The molecular weight excluding hydrogens is 348 g/mol. The van der Waals surface area contributed by atoms with Crippen molar-refractivity contribution in [2.45, 2.75) is 26.9 Å². The summed E-state index contributed by atoms with van der Waals surface area (Å²) in [6.07, 6.45) is 0. The van der Waals surface area contributed by atoms with Gasteiger partial charge in [-0.25, -0.2) is 0 Å². The van der Waals surface area contributed by atoms with Gasteiger partial charge in [0.2, 0.25) is 0 Å². The van der Waals surface area contributed by atoms with Crippen LogP contribution in [0.3, 0.4) is 0 Å². The minimum absolute atomic E-state index is 0.0157. The molecule has 146 valence electrons. The van der Waals surface area contributed by atoms with E-state index in [1.54, 1.807) is 0 Å². The molecule has 0 aliphatic heterocycles. The fourth-order valence-corrected chi connectivity index (χ4v) is 3.32. The average Bonchev–Trinajstić information content (AvgIpc) is 2.75. The predicted octanol–water partition coefficient (Wildman–Crippen LogP) is 2.96. The summed E-state index contributed by atoms with van der Waals surface area (Å²) in [5, 5.41) is 5.25. The highest BCUT2D eigenvalue weighted by molar-refractivity contribution is 5.84. The molecule has 28 heavy (non-hydrogen) atoms. The van der Waals surface area contributed by atoms with Crippen molar-refractivity contribution in [3.05, 3.63) is 77.9 Å². The average molecular weight is 378 g/mol. The fourth-order valence-electron chi connectivity index (χ4n) is 3.32. The van der Waals surface area contributed by atoms with Crippen LogP contribution < -0.4 is 15.0 Å². The number of rotatable bonds is 9. The van der Waals surface area contributed by atoms with Crippen molar-refractivity contribution in [3.63, 3.8) is 0 Å². The molecule has 0 unspecified atom stereocenters. The van der Waals surface area contributed by atoms with Crippen LogP contribution in [0, 0.1) is 0 Å². The first-order chi connectivity index (χ1) is 13.7. The van der Waals surface area contributed by atoms with Crippen LogP contribution in [-0.4, -0.2) is 25.6 Å². The van der Waals surface area contributed by atoms with Crippen molar-refractivity contribution in [2.75, 3.05) is 19.7 Å². The number of benzene rings is 3. The third kappa shape index (κ3) is 5.33. The normalized spacial score (nSPS) is 11.0. The Hall–Kier alpha value is -2.85. The van der Waals surface area contributed by atoms with Gasteiger partial charge in [-0.15, -0.1) is 0 Å². The highest BCUT2D eigenvalue weighted by Gasteiger charge is 2.10. The highest BCUT2D eigenvalue weighted by Crippen LogP contribution is 2.20. The van der Waals surface area contributed by atoms with E-state index in [2.05, 4.69) is 43.4 Å². The van der Waals surface area contributed by atoms with Crippen LogP contribution in [0.5, 0.6) is 5.75 Å². The van der Waals surface area contributed by atoms with Gasteiger partial charge in [0.1, 0.15) is 12.3 Å². The minimum Gasteiger partial charge on any atom is -0.484 e. The van der Waals surface area contributed by atoms with Gasteiger partial charge in [0, 0.05) is 12.1 Å². The second-order valence-corrected chi connectivity index (χ2v) is 6.98. The summed E-state index contributed by atoms with van der Waals surface area (Å²) < 4.78 is 5.68. The van der Waals surface area contributed by atoms with Crippen LogP contribution in [0.15, 0.2) is 66.7 Å². The Kier molecular flexibility index (Phi) is 7.04.